The Bertz CT molecular complexity index is 739. The Morgan fingerprint density at radius 2 is 2.00 bits per heavy atom. The lowest BCUT2D eigenvalue weighted by atomic mass is 9.93. The van der Waals surface area contributed by atoms with Gasteiger partial charge in [0.1, 0.15) is 0 Å². The molecule has 0 atom stereocenters. The van der Waals surface area contributed by atoms with Gasteiger partial charge in [-0.2, -0.15) is 4.98 Å². The van der Waals surface area contributed by atoms with Crippen molar-refractivity contribution in [3.05, 3.63) is 35.2 Å². The second kappa shape index (κ2) is 9.71. The maximum Gasteiger partial charge on any atom is 0.228 e. The van der Waals surface area contributed by atoms with E-state index in [1.165, 1.54) is 0 Å². The third-order valence-corrected chi connectivity index (χ3v) is 4.80. The van der Waals surface area contributed by atoms with Crippen LogP contribution < -0.4 is 10.6 Å². The van der Waals surface area contributed by atoms with Gasteiger partial charge in [-0.15, -0.1) is 0 Å². The van der Waals surface area contributed by atoms with Crippen LogP contribution in [-0.4, -0.2) is 46.4 Å². The van der Waals surface area contributed by atoms with Crippen molar-refractivity contribution in [3.8, 4) is 11.4 Å². The van der Waals surface area contributed by atoms with Crippen molar-refractivity contribution in [2.24, 2.45) is 4.99 Å². The topological polar surface area (TPSA) is 95.6 Å². The summed E-state index contributed by atoms with van der Waals surface area (Å²) in [5, 5.41) is 21.0. The Morgan fingerprint density at radius 1 is 1.26 bits per heavy atom. The normalized spacial score (nSPS) is 20.5. The van der Waals surface area contributed by atoms with E-state index in [1.807, 2.05) is 19.1 Å². The largest absolute Gasteiger partial charge is 0.393 e. The lowest BCUT2D eigenvalue weighted by Crippen LogP contribution is -2.45. The van der Waals surface area contributed by atoms with Gasteiger partial charge in [-0.1, -0.05) is 16.8 Å². The summed E-state index contributed by atoms with van der Waals surface area (Å²) in [5.74, 6) is 1.90. The number of nitrogens with one attached hydrogen (secondary N) is 2. The van der Waals surface area contributed by atoms with Crippen molar-refractivity contribution in [2.45, 2.75) is 51.2 Å². The molecule has 0 unspecified atom stereocenters. The number of aliphatic hydroxyl groups excluding tert-OH is 1. The molecular formula is C19H26ClN5O2. The van der Waals surface area contributed by atoms with Gasteiger partial charge in [-0.05, 0) is 56.9 Å². The van der Waals surface area contributed by atoms with E-state index in [0.717, 1.165) is 43.8 Å². The van der Waals surface area contributed by atoms with E-state index >= 15 is 0 Å². The van der Waals surface area contributed by atoms with Crippen LogP contribution in [-0.2, 0) is 6.42 Å². The zero-order chi connectivity index (χ0) is 19.1. The summed E-state index contributed by atoms with van der Waals surface area (Å²) in [6.45, 7) is 3.38. The summed E-state index contributed by atoms with van der Waals surface area (Å²) < 4.78 is 5.32. The Morgan fingerprint density at radius 3 is 2.70 bits per heavy atom. The Balaban J connectivity index is 1.53. The fourth-order valence-electron chi connectivity index (χ4n) is 3.07. The molecule has 1 aliphatic rings. The highest BCUT2D eigenvalue weighted by molar-refractivity contribution is 6.30. The van der Waals surface area contributed by atoms with Gasteiger partial charge in [-0.25, -0.2) is 0 Å². The lowest BCUT2D eigenvalue weighted by molar-refractivity contribution is 0.120. The van der Waals surface area contributed by atoms with Gasteiger partial charge in [0.15, 0.2) is 5.96 Å². The van der Waals surface area contributed by atoms with E-state index in [1.54, 1.807) is 12.1 Å². The Kier molecular flexibility index (Phi) is 7.06. The highest BCUT2D eigenvalue weighted by atomic mass is 35.5. The molecule has 0 aliphatic heterocycles. The van der Waals surface area contributed by atoms with Gasteiger partial charge < -0.3 is 20.3 Å². The molecule has 1 heterocycles. The van der Waals surface area contributed by atoms with E-state index in [9.17, 15) is 5.11 Å². The van der Waals surface area contributed by atoms with Crippen LogP contribution in [0.1, 0.15) is 38.5 Å². The smallest absolute Gasteiger partial charge is 0.228 e. The molecule has 3 rings (SSSR count). The quantitative estimate of drug-likeness (QED) is 0.517. The summed E-state index contributed by atoms with van der Waals surface area (Å²) in [7, 11) is 0. The number of benzene rings is 1. The molecule has 0 amide bonds. The predicted octanol–water partition coefficient (Wildman–Crippen LogP) is 2.79. The second-order valence-electron chi connectivity index (χ2n) is 6.68. The number of aliphatic hydroxyl groups is 1. The minimum atomic E-state index is -0.157. The molecule has 1 saturated carbocycles. The lowest BCUT2D eigenvalue weighted by Gasteiger charge is -2.27. The van der Waals surface area contributed by atoms with Crippen molar-refractivity contribution in [2.75, 3.05) is 13.1 Å². The minimum absolute atomic E-state index is 0.157. The van der Waals surface area contributed by atoms with E-state index in [0.29, 0.717) is 35.7 Å². The van der Waals surface area contributed by atoms with Crippen LogP contribution in [0.2, 0.25) is 5.02 Å². The van der Waals surface area contributed by atoms with Crippen LogP contribution in [0.3, 0.4) is 0 Å². The van der Waals surface area contributed by atoms with Crippen LogP contribution in [0.4, 0.5) is 0 Å². The van der Waals surface area contributed by atoms with E-state index in [4.69, 9.17) is 16.1 Å². The van der Waals surface area contributed by atoms with Gasteiger partial charge in [0.25, 0.3) is 0 Å². The average molecular weight is 392 g/mol. The van der Waals surface area contributed by atoms with Crippen LogP contribution >= 0.6 is 11.6 Å². The molecule has 146 valence electrons. The summed E-state index contributed by atoms with van der Waals surface area (Å²) in [6.07, 6.45) is 4.01. The number of hydrogen-bond acceptors (Lipinski definition) is 5. The van der Waals surface area contributed by atoms with Crippen LogP contribution in [0.5, 0.6) is 0 Å². The number of aliphatic imine (C=N–C) groups is 1. The first-order chi connectivity index (χ1) is 13.1. The fourth-order valence-corrected chi connectivity index (χ4v) is 3.20. The summed E-state index contributed by atoms with van der Waals surface area (Å²) in [5.41, 5.74) is 0.868. The molecule has 0 radical (unpaired) electrons. The Hall–Kier alpha value is -2.12. The number of guanidine groups is 1. The molecule has 0 bridgehead atoms. The standard InChI is InChI=1S/C19H26ClN5O2/c1-2-21-19(23-15-7-9-16(26)10-8-15)22-12-11-17-24-18(25-27-17)13-3-5-14(20)6-4-13/h3-6,15-16,26H,2,7-12H2,1H3,(H2,21,22,23). The number of halogens is 1. The maximum absolute atomic E-state index is 9.63. The van der Waals surface area contributed by atoms with Gasteiger partial charge >= 0.3 is 0 Å². The molecule has 8 heteroatoms. The molecule has 27 heavy (non-hydrogen) atoms. The monoisotopic (exact) mass is 391 g/mol. The highest BCUT2D eigenvalue weighted by Crippen LogP contribution is 2.19. The van der Waals surface area contributed by atoms with E-state index in [-0.39, 0.29) is 6.10 Å². The SMILES string of the molecule is CCNC(=NCCc1nc(-c2ccc(Cl)cc2)no1)NC1CCC(O)CC1. The number of hydrogen-bond donors (Lipinski definition) is 3. The number of aromatic nitrogens is 2. The average Bonchev–Trinajstić information content (AvgIpc) is 3.13. The molecule has 1 fully saturated rings. The van der Waals surface area contributed by atoms with E-state index in [2.05, 4.69) is 25.8 Å². The molecule has 1 aromatic heterocycles. The van der Waals surface area contributed by atoms with Gasteiger partial charge in [-0.3, -0.25) is 4.99 Å². The zero-order valence-electron chi connectivity index (χ0n) is 15.5. The first-order valence-corrected chi connectivity index (χ1v) is 9.83. The third-order valence-electron chi connectivity index (χ3n) is 4.55. The third kappa shape index (κ3) is 5.94. The van der Waals surface area contributed by atoms with E-state index < -0.39 is 0 Å². The fraction of sp³-hybridized carbons (Fsp3) is 0.526. The van der Waals surface area contributed by atoms with Crippen LogP contribution in [0.25, 0.3) is 11.4 Å². The summed E-state index contributed by atoms with van der Waals surface area (Å²) >= 11 is 5.90. The van der Waals surface area contributed by atoms with Crippen molar-refractivity contribution < 1.29 is 9.63 Å². The van der Waals surface area contributed by atoms with Crippen molar-refractivity contribution in [1.29, 1.82) is 0 Å². The molecule has 2 aromatic rings. The molecular weight excluding hydrogens is 366 g/mol. The highest BCUT2D eigenvalue weighted by Gasteiger charge is 2.20. The van der Waals surface area contributed by atoms with Crippen LogP contribution in [0.15, 0.2) is 33.8 Å². The van der Waals surface area contributed by atoms with Crippen molar-refractivity contribution in [1.82, 2.24) is 20.8 Å². The summed E-state index contributed by atoms with van der Waals surface area (Å²) in [4.78, 5) is 9.02. The number of nitrogens with zero attached hydrogens (tertiary/aromatic N) is 3. The molecule has 0 spiro atoms. The second-order valence-corrected chi connectivity index (χ2v) is 7.12. The number of rotatable bonds is 6. The Labute approximate surface area is 164 Å². The first kappa shape index (κ1) is 19.6. The maximum atomic E-state index is 9.63. The molecule has 3 N–H and O–H groups in total. The van der Waals surface area contributed by atoms with Gasteiger partial charge in [0.2, 0.25) is 11.7 Å². The molecule has 7 nitrogen and oxygen atoms in total. The van der Waals surface area contributed by atoms with Crippen molar-refractivity contribution >= 4 is 17.6 Å². The summed E-state index contributed by atoms with van der Waals surface area (Å²) in [6, 6.07) is 7.68. The molecule has 1 aliphatic carbocycles. The zero-order valence-corrected chi connectivity index (χ0v) is 16.2. The minimum Gasteiger partial charge on any atom is -0.393 e. The first-order valence-electron chi connectivity index (χ1n) is 9.45. The predicted molar refractivity (Wildman–Crippen MR) is 106 cm³/mol. The van der Waals surface area contributed by atoms with Crippen molar-refractivity contribution in [3.63, 3.8) is 0 Å². The molecule has 0 saturated heterocycles. The molecule has 1 aromatic carbocycles. The van der Waals surface area contributed by atoms with Gasteiger partial charge in [0, 0.05) is 29.6 Å². The van der Waals surface area contributed by atoms with Gasteiger partial charge in [0.05, 0.1) is 12.6 Å². The van der Waals surface area contributed by atoms with Crippen LogP contribution in [0, 0.1) is 0 Å².